The first-order valence-corrected chi connectivity index (χ1v) is 5.18. The van der Waals surface area contributed by atoms with Crippen LogP contribution in [0.25, 0.3) is 0 Å². The Hall–Kier alpha value is -0.690. The quantitative estimate of drug-likeness (QED) is 0.586. The second-order valence-electron chi connectivity index (χ2n) is 4.23. The molecule has 0 radical (unpaired) electrons. The second kappa shape index (κ2) is 5.58. The molecule has 1 aliphatic rings. The van der Waals surface area contributed by atoms with Crippen LogP contribution in [-0.4, -0.2) is 59.4 Å². The Morgan fingerprint density at radius 2 is 1.94 bits per heavy atom. The number of hydrogen-bond donors (Lipinski definition) is 3. The second-order valence-corrected chi connectivity index (χ2v) is 4.23. The summed E-state index contributed by atoms with van der Waals surface area (Å²) in [6.07, 6.45) is -0.265. The zero-order chi connectivity index (χ0) is 12.2. The maximum Gasteiger partial charge on any atom is 0.329 e. The van der Waals surface area contributed by atoms with E-state index in [1.807, 2.05) is 0 Å². The highest BCUT2D eigenvalue weighted by atomic mass is 16.5. The van der Waals surface area contributed by atoms with Crippen LogP contribution in [0.3, 0.4) is 0 Å². The van der Waals surface area contributed by atoms with Crippen molar-refractivity contribution in [2.45, 2.75) is 37.1 Å². The number of aliphatic hydroxyl groups excluding tert-OH is 2. The molecule has 1 rings (SSSR count). The smallest absolute Gasteiger partial charge is 0.329 e. The van der Waals surface area contributed by atoms with Gasteiger partial charge in [0.25, 0.3) is 0 Å². The Labute approximate surface area is 93.8 Å². The highest BCUT2D eigenvalue weighted by Crippen LogP contribution is 2.31. The van der Waals surface area contributed by atoms with Gasteiger partial charge in [0.1, 0.15) is 6.61 Å². The first-order chi connectivity index (χ1) is 7.47. The van der Waals surface area contributed by atoms with Crippen LogP contribution in [0.15, 0.2) is 0 Å². The summed E-state index contributed by atoms with van der Waals surface area (Å²) in [5.74, 6) is -1.05. The molecule has 1 saturated carbocycles. The van der Waals surface area contributed by atoms with Gasteiger partial charge in [0.05, 0.1) is 24.4 Å². The van der Waals surface area contributed by atoms with Gasteiger partial charge in [-0.15, -0.1) is 0 Å². The minimum absolute atomic E-state index is 0.0594. The predicted molar refractivity (Wildman–Crippen MR) is 54.1 cm³/mol. The van der Waals surface area contributed by atoms with Crippen molar-refractivity contribution < 1.29 is 29.6 Å². The Morgan fingerprint density at radius 3 is 2.38 bits per heavy atom. The first kappa shape index (κ1) is 13.4. The number of carbonyl (C=O) groups is 1. The fourth-order valence-electron chi connectivity index (χ4n) is 2.09. The molecule has 6 heteroatoms. The average Bonchev–Trinajstić information content (AvgIpc) is 2.15. The van der Waals surface area contributed by atoms with E-state index in [2.05, 4.69) is 0 Å². The Morgan fingerprint density at radius 1 is 1.38 bits per heavy atom. The maximum absolute atomic E-state index is 10.3. The topological polar surface area (TPSA) is 96.2 Å². The molecule has 0 spiro atoms. The normalized spacial score (nSPS) is 34.9. The third-order valence-electron chi connectivity index (χ3n) is 2.78. The van der Waals surface area contributed by atoms with Crippen LogP contribution in [0.4, 0.5) is 0 Å². The van der Waals surface area contributed by atoms with E-state index in [9.17, 15) is 15.0 Å². The highest BCUT2D eigenvalue weighted by Gasteiger charge is 2.40. The number of carboxylic acid groups (broad SMARTS) is 1. The van der Waals surface area contributed by atoms with Gasteiger partial charge < -0.3 is 24.8 Å². The molecule has 94 valence electrons. The van der Waals surface area contributed by atoms with Gasteiger partial charge in [-0.05, 0) is 6.42 Å². The molecule has 6 nitrogen and oxygen atoms in total. The number of aliphatic hydroxyl groups is 2. The lowest BCUT2D eigenvalue weighted by atomic mass is 9.81. The minimum Gasteiger partial charge on any atom is -0.480 e. The van der Waals surface area contributed by atoms with Crippen LogP contribution >= 0.6 is 0 Å². The van der Waals surface area contributed by atoms with E-state index in [1.54, 1.807) is 0 Å². The molecule has 0 aromatic heterocycles. The number of rotatable bonds is 5. The zero-order valence-electron chi connectivity index (χ0n) is 9.26. The monoisotopic (exact) mass is 234 g/mol. The summed E-state index contributed by atoms with van der Waals surface area (Å²) in [7, 11) is 1.47. The molecule has 0 unspecified atom stereocenters. The molecule has 0 saturated heterocycles. The molecule has 16 heavy (non-hydrogen) atoms. The molecule has 0 aliphatic heterocycles. The first-order valence-electron chi connectivity index (χ1n) is 5.18. The molecule has 0 aromatic rings. The number of methoxy groups -OCH3 is 1. The van der Waals surface area contributed by atoms with Gasteiger partial charge in [-0.1, -0.05) is 0 Å². The van der Waals surface area contributed by atoms with Crippen molar-refractivity contribution in [2.75, 3.05) is 20.3 Å². The Balaban J connectivity index is 2.51. The number of ether oxygens (including phenoxy) is 2. The predicted octanol–water partition coefficient (Wildman–Crippen LogP) is -0.622. The van der Waals surface area contributed by atoms with Gasteiger partial charge >= 0.3 is 5.97 Å². The molecule has 2 atom stereocenters. The van der Waals surface area contributed by atoms with Crippen LogP contribution in [0.1, 0.15) is 19.3 Å². The van der Waals surface area contributed by atoms with Crippen LogP contribution in [0, 0.1) is 0 Å². The molecule has 1 aliphatic carbocycles. The van der Waals surface area contributed by atoms with Gasteiger partial charge in [-0.25, -0.2) is 4.79 Å². The van der Waals surface area contributed by atoms with E-state index in [1.165, 1.54) is 7.11 Å². The summed E-state index contributed by atoms with van der Waals surface area (Å²) in [5, 5.41) is 27.5. The average molecular weight is 234 g/mol. The van der Waals surface area contributed by atoms with E-state index in [-0.39, 0.29) is 6.61 Å². The van der Waals surface area contributed by atoms with E-state index < -0.39 is 30.4 Å². The summed E-state index contributed by atoms with van der Waals surface area (Å²) in [4.78, 5) is 10.3. The molecule has 3 N–H and O–H groups in total. The van der Waals surface area contributed by atoms with Crippen LogP contribution < -0.4 is 0 Å². The molecule has 0 bridgehead atoms. The lowest BCUT2D eigenvalue weighted by molar-refractivity contribution is -0.158. The van der Waals surface area contributed by atoms with Crippen molar-refractivity contribution >= 4 is 5.97 Å². The van der Waals surface area contributed by atoms with Crippen molar-refractivity contribution in [3.8, 4) is 0 Å². The van der Waals surface area contributed by atoms with Crippen molar-refractivity contribution in [3.05, 3.63) is 0 Å². The van der Waals surface area contributed by atoms with Gasteiger partial charge in [0.15, 0.2) is 0 Å². The van der Waals surface area contributed by atoms with E-state index in [0.29, 0.717) is 19.3 Å². The van der Waals surface area contributed by atoms with Crippen LogP contribution in [0.5, 0.6) is 0 Å². The molecular weight excluding hydrogens is 216 g/mol. The molecular formula is C10H18O6. The Kier molecular flexibility index (Phi) is 4.67. The molecule has 0 heterocycles. The summed E-state index contributed by atoms with van der Waals surface area (Å²) < 4.78 is 10.2. The fourth-order valence-corrected chi connectivity index (χ4v) is 2.09. The molecule has 1 fully saturated rings. The minimum atomic E-state index is -1.05. The standard InChI is InChI=1S/C10H18O6/c1-15-10(6-16-5-9(13)14)3-7(11)2-8(12)4-10/h7-8,11-12H,2-6H2,1H3,(H,13,14)/t7-,8-/m0/s1. The lowest BCUT2D eigenvalue weighted by Crippen LogP contribution is -2.48. The van der Waals surface area contributed by atoms with Crippen LogP contribution in [-0.2, 0) is 14.3 Å². The fraction of sp³-hybridized carbons (Fsp3) is 0.900. The SMILES string of the molecule is COC1(COCC(=O)O)C[C@@H](O)C[C@H](O)C1. The summed E-state index contributed by atoms with van der Waals surface area (Å²) in [5.41, 5.74) is -0.785. The number of hydrogen-bond acceptors (Lipinski definition) is 5. The van der Waals surface area contributed by atoms with Gasteiger partial charge in [0.2, 0.25) is 0 Å². The summed E-state index contributed by atoms with van der Waals surface area (Å²) in [6.45, 7) is -0.346. The van der Waals surface area contributed by atoms with E-state index in [4.69, 9.17) is 14.6 Å². The third kappa shape index (κ3) is 3.71. The number of aliphatic carboxylic acids is 1. The van der Waals surface area contributed by atoms with Gasteiger partial charge in [-0.2, -0.15) is 0 Å². The zero-order valence-corrected chi connectivity index (χ0v) is 9.26. The Bertz CT molecular complexity index is 231. The van der Waals surface area contributed by atoms with Crippen LogP contribution in [0.2, 0.25) is 0 Å². The van der Waals surface area contributed by atoms with Crippen molar-refractivity contribution in [1.29, 1.82) is 0 Å². The van der Waals surface area contributed by atoms with Crippen molar-refractivity contribution in [3.63, 3.8) is 0 Å². The van der Waals surface area contributed by atoms with Crippen molar-refractivity contribution in [2.24, 2.45) is 0 Å². The number of carboxylic acids is 1. The molecule has 0 amide bonds. The lowest BCUT2D eigenvalue weighted by Gasteiger charge is -2.40. The van der Waals surface area contributed by atoms with Crippen molar-refractivity contribution in [1.82, 2.24) is 0 Å². The summed E-state index contributed by atoms with van der Waals surface area (Å²) in [6, 6.07) is 0. The van der Waals surface area contributed by atoms with E-state index >= 15 is 0 Å². The van der Waals surface area contributed by atoms with Gasteiger partial charge in [0, 0.05) is 20.0 Å². The van der Waals surface area contributed by atoms with Gasteiger partial charge in [-0.3, -0.25) is 0 Å². The largest absolute Gasteiger partial charge is 0.480 e. The van der Waals surface area contributed by atoms with E-state index in [0.717, 1.165) is 0 Å². The summed E-state index contributed by atoms with van der Waals surface area (Å²) >= 11 is 0. The maximum atomic E-state index is 10.3. The molecule has 0 aromatic carbocycles. The third-order valence-corrected chi connectivity index (χ3v) is 2.78. The highest BCUT2D eigenvalue weighted by molar-refractivity contribution is 5.67.